The second-order valence-electron chi connectivity index (χ2n) is 6.39. The van der Waals surface area contributed by atoms with Gasteiger partial charge in [-0.05, 0) is 76.1 Å². The van der Waals surface area contributed by atoms with Gasteiger partial charge in [-0.15, -0.1) is 11.3 Å². The molecule has 4 heteroatoms. The zero-order valence-corrected chi connectivity index (χ0v) is 13.8. The Balaban J connectivity index is 1.57. The van der Waals surface area contributed by atoms with Gasteiger partial charge in [0.1, 0.15) is 0 Å². The average Bonchev–Trinajstić information content (AvgIpc) is 2.96. The summed E-state index contributed by atoms with van der Waals surface area (Å²) in [6.07, 6.45) is 8.50. The Kier molecular flexibility index (Phi) is 4.96. The first-order valence-corrected chi connectivity index (χ1v) is 9.15. The Hall–Kier alpha value is -0.870. The summed E-state index contributed by atoms with van der Waals surface area (Å²) < 4.78 is 0. The molecule has 2 heterocycles. The van der Waals surface area contributed by atoms with Crippen molar-refractivity contribution in [2.45, 2.75) is 44.9 Å². The van der Waals surface area contributed by atoms with E-state index in [1.54, 1.807) is 11.3 Å². The van der Waals surface area contributed by atoms with Crippen LogP contribution < -0.4 is 5.32 Å². The second-order valence-corrected chi connectivity index (χ2v) is 7.53. The molecule has 0 aromatic carbocycles. The minimum absolute atomic E-state index is 0.279. The quantitative estimate of drug-likeness (QED) is 0.927. The van der Waals surface area contributed by atoms with Crippen LogP contribution in [0.15, 0.2) is 6.07 Å². The van der Waals surface area contributed by atoms with Gasteiger partial charge in [0.2, 0.25) is 0 Å². The molecule has 0 unspecified atom stereocenters. The summed E-state index contributed by atoms with van der Waals surface area (Å²) >= 11 is 1.75. The molecule has 0 bridgehead atoms. The van der Waals surface area contributed by atoms with E-state index in [4.69, 9.17) is 0 Å². The molecular weight excluding hydrogens is 280 g/mol. The number of nitrogens with one attached hydrogen (secondary N) is 1. The van der Waals surface area contributed by atoms with Crippen LogP contribution in [-0.2, 0) is 12.8 Å². The standard InChI is InChI=1S/C17H26N2OS/c1-18-9-6-13-7-10-19(11-8-13)17(20)16-12-14-4-2-3-5-15(14)21-16/h12-13,18H,2-11H2,1H3. The normalized spacial score (nSPS) is 19.6. The second kappa shape index (κ2) is 6.93. The molecule has 1 aromatic rings. The van der Waals surface area contributed by atoms with Crippen LogP contribution in [0.1, 0.15) is 52.2 Å². The van der Waals surface area contributed by atoms with E-state index in [1.807, 2.05) is 7.05 Å². The van der Waals surface area contributed by atoms with Crippen molar-refractivity contribution < 1.29 is 4.79 Å². The molecule has 3 rings (SSSR count). The van der Waals surface area contributed by atoms with E-state index in [0.29, 0.717) is 0 Å². The summed E-state index contributed by atoms with van der Waals surface area (Å²) in [4.78, 5) is 17.2. The minimum Gasteiger partial charge on any atom is -0.338 e. The number of rotatable bonds is 4. The molecule has 2 aliphatic rings. The molecule has 1 aliphatic heterocycles. The third-order valence-electron chi connectivity index (χ3n) is 4.91. The monoisotopic (exact) mass is 306 g/mol. The number of fused-ring (bicyclic) bond motifs is 1. The molecule has 3 nitrogen and oxygen atoms in total. The highest BCUT2D eigenvalue weighted by molar-refractivity contribution is 7.14. The van der Waals surface area contributed by atoms with E-state index >= 15 is 0 Å². The molecule has 0 saturated carbocycles. The lowest BCUT2D eigenvalue weighted by atomic mass is 9.93. The van der Waals surface area contributed by atoms with E-state index in [-0.39, 0.29) is 5.91 Å². The molecule has 1 aromatic heterocycles. The SMILES string of the molecule is CNCCC1CCN(C(=O)c2cc3c(s2)CCCC3)CC1. The lowest BCUT2D eigenvalue weighted by molar-refractivity contribution is 0.0692. The van der Waals surface area contributed by atoms with Crippen LogP contribution in [-0.4, -0.2) is 37.5 Å². The molecule has 21 heavy (non-hydrogen) atoms. The number of carbonyl (C=O) groups excluding carboxylic acids is 1. The summed E-state index contributed by atoms with van der Waals surface area (Å²) in [5.41, 5.74) is 1.44. The first-order chi connectivity index (χ1) is 10.3. The van der Waals surface area contributed by atoms with Gasteiger partial charge in [0.25, 0.3) is 5.91 Å². The van der Waals surface area contributed by atoms with Crippen molar-refractivity contribution in [3.05, 3.63) is 21.4 Å². The van der Waals surface area contributed by atoms with Gasteiger partial charge >= 0.3 is 0 Å². The van der Waals surface area contributed by atoms with Gasteiger partial charge in [0.05, 0.1) is 4.88 Å². The highest BCUT2D eigenvalue weighted by atomic mass is 32.1. The number of aryl methyl sites for hydroxylation is 2. The first-order valence-electron chi connectivity index (χ1n) is 8.33. The zero-order valence-electron chi connectivity index (χ0n) is 13.0. The lowest BCUT2D eigenvalue weighted by Crippen LogP contribution is -2.38. The van der Waals surface area contributed by atoms with Crippen molar-refractivity contribution in [3.8, 4) is 0 Å². The zero-order chi connectivity index (χ0) is 14.7. The number of hydrogen-bond acceptors (Lipinski definition) is 3. The predicted molar refractivity (Wildman–Crippen MR) is 88.1 cm³/mol. The molecule has 1 saturated heterocycles. The largest absolute Gasteiger partial charge is 0.338 e. The van der Waals surface area contributed by atoms with Crippen molar-refractivity contribution in [2.75, 3.05) is 26.7 Å². The third-order valence-corrected chi connectivity index (χ3v) is 6.14. The van der Waals surface area contributed by atoms with Crippen LogP contribution in [0.25, 0.3) is 0 Å². The van der Waals surface area contributed by atoms with E-state index in [1.165, 1.54) is 55.4 Å². The van der Waals surface area contributed by atoms with Crippen LogP contribution in [0.4, 0.5) is 0 Å². The van der Waals surface area contributed by atoms with Gasteiger partial charge in [0, 0.05) is 18.0 Å². The van der Waals surface area contributed by atoms with E-state index in [2.05, 4.69) is 16.3 Å². The van der Waals surface area contributed by atoms with Gasteiger partial charge in [-0.2, -0.15) is 0 Å². The average molecular weight is 306 g/mol. The van der Waals surface area contributed by atoms with Gasteiger partial charge < -0.3 is 10.2 Å². The Bertz CT molecular complexity index is 465. The van der Waals surface area contributed by atoms with Gasteiger partial charge in [0.15, 0.2) is 0 Å². The third kappa shape index (κ3) is 3.49. The number of likely N-dealkylation sites (tertiary alicyclic amines) is 1. The highest BCUT2D eigenvalue weighted by Gasteiger charge is 2.25. The number of hydrogen-bond donors (Lipinski definition) is 1. The Morgan fingerprint density at radius 2 is 2.10 bits per heavy atom. The Labute approximate surface area is 131 Å². The number of piperidine rings is 1. The summed E-state index contributed by atoms with van der Waals surface area (Å²) in [5.74, 6) is 1.07. The minimum atomic E-state index is 0.279. The number of thiophene rings is 1. The van der Waals surface area contributed by atoms with Crippen molar-refractivity contribution in [3.63, 3.8) is 0 Å². The molecule has 116 valence electrons. The first kappa shape index (κ1) is 15.0. The van der Waals surface area contributed by atoms with Crippen LogP contribution in [0.5, 0.6) is 0 Å². The summed E-state index contributed by atoms with van der Waals surface area (Å²) in [6, 6.07) is 2.18. The smallest absolute Gasteiger partial charge is 0.263 e. The maximum absolute atomic E-state index is 12.7. The number of amides is 1. The summed E-state index contributed by atoms with van der Waals surface area (Å²) in [5, 5.41) is 3.22. The molecule has 1 N–H and O–H groups in total. The van der Waals surface area contributed by atoms with Crippen LogP contribution >= 0.6 is 11.3 Å². The van der Waals surface area contributed by atoms with E-state index in [0.717, 1.165) is 30.4 Å². The topological polar surface area (TPSA) is 32.3 Å². The molecular formula is C17H26N2OS. The highest BCUT2D eigenvalue weighted by Crippen LogP contribution is 2.31. The number of nitrogens with zero attached hydrogens (tertiary/aromatic N) is 1. The van der Waals surface area contributed by atoms with Gasteiger partial charge in [-0.3, -0.25) is 4.79 Å². The maximum Gasteiger partial charge on any atom is 0.263 e. The molecule has 0 radical (unpaired) electrons. The van der Waals surface area contributed by atoms with Crippen LogP contribution in [0.3, 0.4) is 0 Å². The Morgan fingerprint density at radius 3 is 2.81 bits per heavy atom. The van der Waals surface area contributed by atoms with Crippen LogP contribution in [0.2, 0.25) is 0 Å². The molecule has 0 spiro atoms. The molecule has 1 amide bonds. The van der Waals surface area contributed by atoms with Crippen LogP contribution in [0, 0.1) is 5.92 Å². The maximum atomic E-state index is 12.7. The molecule has 1 aliphatic carbocycles. The Morgan fingerprint density at radius 1 is 1.33 bits per heavy atom. The van der Waals surface area contributed by atoms with Crippen molar-refractivity contribution >= 4 is 17.2 Å². The fourth-order valence-corrected chi connectivity index (χ4v) is 4.75. The summed E-state index contributed by atoms with van der Waals surface area (Å²) in [6.45, 7) is 2.97. The van der Waals surface area contributed by atoms with E-state index < -0.39 is 0 Å². The van der Waals surface area contributed by atoms with Gasteiger partial charge in [-0.25, -0.2) is 0 Å². The van der Waals surface area contributed by atoms with Crippen molar-refractivity contribution in [2.24, 2.45) is 5.92 Å². The predicted octanol–water partition coefficient (Wildman–Crippen LogP) is 3.09. The number of carbonyl (C=O) groups is 1. The lowest BCUT2D eigenvalue weighted by Gasteiger charge is -2.31. The fraction of sp³-hybridized carbons (Fsp3) is 0.706. The summed E-state index contributed by atoms with van der Waals surface area (Å²) in [7, 11) is 2.01. The fourth-order valence-electron chi connectivity index (χ4n) is 3.53. The molecule has 1 fully saturated rings. The van der Waals surface area contributed by atoms with Crippen molar-refractivity contribution in [1.82, 2.24) is 10.2 Å². The van der Waals surface area contributed by atoms with E-state index in [9.17, 15) is 4.79 Å². The van der Waals surface area contributed by atoms with Gasteiger partial charge in [-0.1, -0.05) is 0 Å². The van der Waals surface area contributed by atoms with Crippen molar-refractivity contribution in [1.29, 1.82) is 0 Å². The molecule has 0 atom stereocenters.